The predicted molar refractivity (Wildman–Crippen MR) is 102 cm³/mol. The molecule has 0 bridgehead atoms. The van der Waals surface area contributed by atoms with Gasteiger partial charge in [-0.05, 0) is 26.0 Å². The average Bonchev–Trinajstić information content (AvgIpc) is 2.72. The Balaban J connectivity index is 2.35. The van der Waals surface area contributed by atoms with Crippen LogP contribution in [-0.2, 0) is 9.53 Å². The Morgan fingerprint density at radius 2 is 1.48 bits per heavy atom. The molecule has 6 nitrogen and oxygen atoms in total. The third-order valence-electron chi connectivity index (χ3n) is 4.21. The number of hydrogen-bond donors (Lipinski definition) is 0. The van der Waals surface area contributed by atoms with Gasteiger partial charge in [0, 0.05) is 24.7 Å². The molecule has 2 aromatic rings. The Labute approximate surface area is 159 Å². The highest BCUT2D eigenvalue weighted by Gasteiger charge is 2.29. The van der Waals surface area contributed by atoms with E-state index < -0.39 is 12.1 Å². The van der Waals surface area contributed by atoms with Crippen molar-refractivity contribution in [1.29, 1.82) is 0 Å². The van der Waals surface area contributed by atoms with Gasteiger partial charge < -0.3 is 19.1 Å². The topological polar surface area (TPSA) is 65.1 Å². The first-order valence-corrected chi connectivity index (χ1v) is 8.81. The molecule has 1 atom stereocenters. The van der Waals surface area contributed by atoms with Gasteiger partial charge in [0.15, 0.2) is 0 Å². The van der Waals surface area contributed by atoms with Crippen LogP contribution in [0.2, 0.25) is 0 Å². The number of carbonyl (C=O) groups is 2. The zero-order valence-electron chi connectivity index (χ0n) is 16.1. The monoisotopic (exact) mass is 371 g/mol. The fourth-order valence-corrected chi connectivity index (χ4v) is 2.69. The van der Waals surface area contributed by atoms with E-state index in [2.05, 4.69) is 0 Å². The number of likely N-dealkylation sites (N-methyl/N-ethyl adjacent to an activating group) is 1. The Kier molecular flexibility index (Phi) is 7.23. The van der Waals surface area contributed by atoms with Gasteiger partial charge in [0.25, 0.3) is 5.91 Å². The van der Waals surface area contributed by atoms with Crippen molar-refractivity contribution in [3.63, 3.8) is 0 Å². The van der Waals surface area contributed by atoms with Gasteiger partial charge in [0.05, 0.1) is 19.8 Å². The molecule has 0 N–H and O–H groups in total. The van der Waals surface area contributed by atoms with E-state index in [0.717, 1.165) is 0 Å². The van der Waals surface area contributed by atoms with Crippen molar-refractivity contribution in [2.75, 3.05) is 27.3 Å². The second-order valence-electron chi connectivity index (χ2n) is 5.81. The van der Waals surface area contributed by atoms with E-state index in [1.54, 1.807) is 47.4 Å². The van der Waals surface area contributed by atoms with Crippen LogP contribution in [0.25, 0.3) is 0 Å². The normalized spacial score (nSPS) is 11.4. The minimum atomic E-state index is -1.02. The molecule has 0 fully saturated rings. The molecule has 6 heteroatoms. The largest absolute Gasteiger partial charge is 0.497 e. The number of amides is 1. The van der Waals surface area contributed by atoms with Crippen LogP contribution in [0, 0.1) is 0 Å². The van der Waals surface area contributed by atoms with Crippen LogP contribution >= 0.6 is 0 Å². The van der Waals surface area contributed by atoms with Crippen LogP contribution in [0.1, 0.15) is 35.9 Å². The summed E-state index contributed by atoms with van der Waals surface area (Å²) in [7, 11) is 3.00. The van der Waals surface area contributed by atoms with Crippen molar-refractivity contribution in [1.82, 2.24) is 4.90 Å². The lowest BCUT2D eigenvalue weighted by molar-refractivity contribution is -0.140. The van der Waals surface area contributed by atoms with Crippen LogP contribution < -0.4 is 9.47 Å². The maximum atomic E-state index is 12.9. The second kappa shape index (κ2) is 9.62. The minimum Gasteiger partial charge on any atom is -0.497 e. The maximum Gasteiger partial charge on any atom is 0.339 e. The highest BCUT2D eigenvalue weighted by Crippen LogP contribution is 2.26. The van der Waals surface area contributed by atoms with Gasteiger partial charge in [-0.25, -0.2) is 4.79 Å². The quantitative estimate of drug-likeness (QED) is 0.665. The molecule has 2 aromatic carbocycles. The number of benzene rings is 2. The van der Waals surface area contributed by atoms with Crippen LogP contribution in [0.4, 0.5) is 0 Å². The number of hydrogen-bond acceptors (Lipinski definition) is 5. The van der Waals surface area contributed by atoms with Crippen LogP contribution in [-0.4, -0.2) is 44.1 Å². The molecule has 27 heavy (non-hydrogen) atoms. The van der Waals surface area contributed by atoms with E-state index in [9.17, 15) is 9.59 Å². The maximum absolute atomic E-state index is 12.9. The molecule has 0 aromatic heterocycles. The molecule has 2 rings (SSSR count). The zero-order chi connectivity index (χ0) is 19.8. The molecule has 0 radical (unpaired) electrons. The van der Waals surface area contributed by atoms with Crippen LogP contribution in [0.15, 0.2) is 48.5 Å². The summed E-state index contributed by atoms with van der Waals surface area (Å²) in [6.07, 6.45) is -1.02. The second-order valence-corrected chi connectivity index (χ2v) is 5.81. The summed E-state index contributed by atoms with van der Waals surface area (Å²) in [4.78, 5) is 27.3. The average molecular weight is 371 g/mol. The fraction of sp³-hybridized carbons (Fsp3) is 0.333. The molecular formula is C21H25NO5. The number of nitrogens with zero attached hydrogens (tertiary/aromatic N) is 1. The van der Waals surface area contributed by atoms with Gasteiger partial charge in [-0.1, -0.05) is 30.3 Å². The molecule has 1 amide bonds. The van der Waals surface area contributed by atoms with E-state index in [1.807, 2.05) is 19.9 Å². The number of carbonyl (C=O) groups excluding carboxylic acids is 2. The van der Waals surface area contributed by atoms with Crippen LogP contribution in [0.5, 0.6) is 11.5 Å². The SMILES string of the molecule is CCN(CC)C(=O)[C@H](OC(=O)c1cc(OC)cc(OC)c1)c1ccccc1. The van der Waals surface area contributed by atoms with Crippen molar-refractivity contribution in [3.05, 3.63) is 59.7 Å². The lowest BCUT2D eigenvalue weighted by atomic mass is 10.1. The molecule has 0 aliphatic carbocycles. The number of methoxy groups -OCH3 is 2. The Bertz CT molecular complexity index is 749. The summed E-state index contributed by atoms with van der Waals surface area (Å²) >= 11 is 0. The van der Waals surface area contributed by atoms with E-state index in [4.69, 9.17) is 14.2 Å². The number of esters is 1. The summed E-state index contributed by atoms with van der Waals surface area (Å²) in [5.74, 6) is 0.0521. The van der Waals surface area contributed by atoms with E-state index in [0.29, 0.717) is 30.2 Å². The van der Waals surface area contributed by atoms with Gasteiger partial charge in [-0.15, -0.1) is 0 Å². The molecule has 0 spiro atoms. The summed E-state index contributed by atoms with van der Waals surface area (Å²) < 4.78 is 16.0. The van der Waals surface area contributed by atoms with E-state index in [-0.39, 0.29) is 11.5 Å². The Morgan fingerprint density at radius 3 is 1.96 bits per heavy atom. The summed E-state index contributed by atoms with van der Waals surface area (Å²) in [6.45, 7) is 4.84. The number of rotatable bonds is 8. The van der Waals surface area contributed by atoms with Gasteiger partial charge in [0.2, 0.25) is 6.10 Å². The molecular weight excluding hydrogens is 346 g/mol. The molecule has 0 saturated heterocycles. The van der Waals surface area contributed by atoms with Crippen molar-refractivity contribution in [3.8, 4) is 11.5 Å². The Morgan fingerprint density at radius 1 is 0.926 bits per heavy atom. The van der Waals surface area contributed by atoms with Crippen molar-refractivity contribution >= 4 is 11.9 Å². The predicted octanol–water partition coefficient (Wildman–Crippen LogP) is 3.47. The highest BCUT2D eigenvalue weighted by molar-refractivity contribution is 5.93. The Hall–Kier alpha value is -3.02. The van der Waals surface area contributed by atoms with Crippen molar-refractivity contribution in [2.45, 2.75) is 20.0 Å². The standard InChI is InChI=1S/C21H25NO5/c1-5-22(6-2)20(23)19(15-10-8-7-9-11-15)27-21(24)16-12-17(25-3)14-18(13-16)26-4/h7-14,19H,5-6H2,1-4H3/t19-/m1/s1. The lowest BCUT2D eigenvalue weighted by Crippen LogP contribution is -2.36. The first kappa shape index (κ1) is 20.3. The van der Waals surface area contributed by atoms with Crippen molar-refractivity contribution in [2.24, 2.45) is 0 Å². The van der Waals surface area contributed by atoms with Gasteiger partial charge >= 0.3 is 5.97 Å². The first-order chi connectivity index (χ1) is 13.0. The van der Waals surface area contributed by atoms with Gasteiger partial charge in [-0.2, -0.15) is 0 Å². The fourth-order valence-electron chi connectivity index (χ4n) is 2.69. The zero-order valence-corrected chi connectivity index (χ0v) is 16.1. The molecule has 0 unspecified atom stereocenters. The van der Waals surface area contributed by atoms with Gasteiger partial charge in [-0.3, -0.25) is 4.79 Å². The minimum absolute atomic E-state index is 0.250. The van der Waals surface area contributed by atoms with E-state index >= 15 is 0 Å². The summed E-state index contributed by atoms with van der Waals surface area (Å²) in [5.41, 5.74) is 0.872. The van der Waals surface area contributed by atoms with Crippen LogP contribution in [0.3, 0.4) is 0 Å². The summed E-state index contributed by atoms with van der Waals surface area (Å²) in [5, 5.41) is 0. The molecule has 144 valence electrons. The highest BCUT2D eigenvalue weighted by atomic mass is 16.5. The number of ether oxygens (including phenoxy) is 3. The smallest absolute Gasteiger partial charge is 0.339 e. The molecule has 0 aliphatic heterocycles. The van der Waals surface area contributed by atoms with Gasteiger partial charge in [0.1, 0.15) is 11.5 Å². The molecule has 0 aliphatic rings. The third kappa shape index (κ3) is 5.00. The summed E-state index contributed by atoms with van der Waals surface area (Å²) in [6, 6.07) is 13.8. The van der Waals surface area contributed by atoms with Crippen molar-refractivity contribution < 1.29 is 23.8 Å². The molecule has 0 saturated carbocycles. The van der Waals surface area contributed by atoms with E-state index in [1.165, 1.54) is 14.2 Å². The lowest BCUT2D eigenvalue weighted by Gasteiger charge is -2.25. The first-order valence-electron chi connectivity index (χ1n) is 8.81. The third-order valence-corrected chi connectivity index (χ3v) is 4.21. The molecule has 0 heterocycles.